The summed E-state index contributed by atoms with van der Waals surface area (Å²) in [5.41, 5.74) is 2.29. The maximum Gasteiger partial charge on any atom is 0.268 e. The Morgan fingerprint density at radius 3 is 2.59 bits per heavy atom. The second kappa shape index (κ2) is 9.56. The molecular weight excluding hydrogens is 459 g/mol. The van der Waals surface area contributed by atoms with E-state index < -0.39 is 21.7 Å². The molecule has 0 saturated carbocycles. The Labute approximate surface area is 197 Å². The first kappa shape index (κ1) is 23.3. The lowest BCUT2D eigenvalue weighted by atomic mass is 10.2. The fraction of sp³-hybridized carbons (Fsp3) is 0.160. The van der Waals surface area contributed by atoms with Crippen LogP contribution in [0.25, 0.3) is 6.08 Å². The summed E-state index contributed by atoms with van der Waals surface area (Å²) in [4.78, 5) is 12.2. The molecular formula is C25H23FN2O5S. The van der Waals surface area contributed by atoms with Crippen molar-refractivity contribution < 1.29 is 27.1 Å². The van der Waals surface area contributed by atoms with Crippen molar-refractivity contribution in [3.63, 3.8) is 0 Å². The zero-order chi connectivity index (χ0) is 24.3. The van der Waals surface area contributed by atoms with Gasteiger partial charge in [-0.2, -0.15) is 0 Å². The average molecular weight is 483 g/mol. The predicted octanol–water partition coefficient (Wildman–Crippen LogP) is 4.25. The SMILES string of the molecule is COc1cc(C=CC(=O)Nc2cccc(F)c2)cc(S(=O)(=O)N2CCc3ccccc32)c1OC. The quantitative estimate of drug-likeness (QED) is 0.509. The number of ether oxygens (including phenoxy) is 2. The Bertz CT molecular complexity index is 1370. The number of nitrogens with one attached hydrogen (secondary N) is 1. The van der Waals surface area contributed by atoms with Crippen LogP contribution < -0.4 is 19.1 Å². The van der Waals surface area contributed by atoms with Crippen LogP contribution >= 0.6 is 0 Å². The van der Waals surface area contributed by atoms with E-state index in [-0.39, 0.29) is 16.4 Å². The van der Waals surface area contributed by atoms with Crippen LogP contribution in [0.1, 0.15) is 11.1 Å². The zero-order valence-electron chi connectivity index (χ0n) is 18.6. The molecule has 0 unspecified atom stereocenters. The van der Waals surface area contributed by atoms with Crippen LogP contribution in [0.5, 0.6) is 11.5 Å². The van der Waals surface area contributed by atoms with Gasteiger partial charge >= 0.3 is 0 Å². The number of hydrogen-bond donors (Lipinski definition) is 1. The van der Waals surface area contributed by atoms with Crippen molar-refractivity contribution in [2.45, 2.75) is 11.3 Å². The van der Waals surface area contributed by atoms with E-state index in [1.165, 1.54) is 54.9 Å². The molecule has 1 aliphatic rings. The van der Waals surface area contributed by atoms with E-state index in [2.05, 4.69) is 5.32 Å². The highest BCUT2D eigenvalue weighted by Crippen LogP contribution is 2.40. The molecule has 3 aromatic carbocycles. The van der Waals surface area contributed by atoms with Gasteiger partial charge in [0.05, 0.1) is 19.9 Å². The van der Waals surface area contributed by atoms with E-state index in [0.717, 1.165) is 5.56 Å². The molecule has 0 atom stereocenters. The summed E-state index contributed by atoms with van der Waals surface area (Å²) in [5.74, 6) is -0.687. The van der Waals surface area contributed by atoms with Crippen LogP contribution in [0.3, 0.4) is 0 Å². The third-order valence-electron chi connectivity index (χ3n) is 5.40. The van der Waals surface area contributed by atoms with E-state index in [1.54, 1.807) is 24.3 Å². The summed E-state index contributed by atoms with van der Waals surface area (Å²) >= 11 is 0. The van der Waals surface area contributed by atoms with Gasteiger partial charge in [0.2, 0.25) is 5.91 Å². The lowest BCUT2D eigenvalue weighted by Gasteiger charge is -2.22. The molecule has 0 aliphatic carbocycles. The highest BCUT2D eigenvalue weighted by Gasteiger charge is 2.34. The normalized spacial score (nSPS) is 13.1. The molecule has 0 aromatic heterocycles. The molecule has 1 N–H and O–H groups in total. The lowest BCUT2D eigenvalue weighted by molar-refractivity contribution is -0.111. The second-order valence-corrected chi connectivity index (χ2v) is 9.37. The van der Waals surface area contributed by atoms with E-state index in [4.69, 9.17) is 9.47 Å². The number of sulfonamides is 1. The number of amides is 1. The van der Waals surface area contributed by atoms with Crippen LogP contribution in [0.15, 0.2) is 71.6 Å². The summed E-state index contributed by atoms with van der Waals surface area (Å²) in [6.45, 7) is 0.309. The Morgan fingerprint density at radius 2 is 1.85 bits per heavy atom. The van der Waals surface area contributed by atoms with Gasteiger partial charge < -0.3 is 14.8 Å². The van der Waals surface area contributed by atoms with Gasteiger partial charge in [-0.05, 0) is 60.0 Å². The van der Waals surface area contributed by atoms with Gasteiger partial charge in [-0.15, -0.1) is 0 Å². The first-order chi connectivity index (χ1) is 16.3. The van der Waals surface area contributed by atoms with Gasteiger partial charge in [-0.3, -0.25) is 9.10 Å². The number of hydrogen-bond acceptors (Lipinski definition) is 5. The molecule has 9 heteroatoms. The number of carbonyl (C=O) groups is 1. The number of nitrogens with zero attached hydrogens (tertiary/aromatic N) is 1. The molecule has 1 aliphatic heterocycles. The fourth-order valence-electron chi connectivity index (χ4n) is 3.84. The first-order valence-corrected chi connectivity index (χ1v) is 11.9. The third-order valence-corrected chi connectivity index (χ3v) is 7.22. The van der Waals surface area contributed by atoms with Gasteiger partial charge in [-0.1, -0.05) is 24.3 Å². The van der Waals surface area contributed by atoms with Crippen LogP contribution in [0.2, 0.25) is 0 Å². The molecule has 4 rings (SSSR count). The van der Waals surface area contributed by atoms with Crippen molar-refractivity contribution in [3.8, 4) is 11.5 Å². The molecule has 7 nitrogen and oxygen atoms in total. The number of anilines is 2. The Balaban J connectivity index is 1.68. The molecule has 3 aromatic rings. The standard InChI is InChI=1S/C25H23FN2O5S/c1-32-22-14-17(10-11-24(29)27-20-8-5-7-19(26)16-20)15-23(25(22)33-2)34(30,31)28-13-12-18-6-3-4-9-21(18)28/h3-11,14-16H,12-13H2,1-2H3,(H,27,29). The van der Waals surface area contributed by atoms with Gasteiger partial charge in [0.25, 0.3) is 10.0 Å². The molecule has 1 amide bonds. The molecule has 0 bridgehead atoms. The smallest absolute Gasteiger partial charge is 0.268 e. The molecule has 0 fully saturated rings. The maximum absolute atomic E-state index is 13.7. The van der Waals surface area contributed by atoms with Gasteiger partial charge in [0.1, 0.15) is 10.7 Å². The van der Waals surface area contributed by atoms with Crippen molar-refractivity contribution in [1.29, 1.82) is 0 Å². The number of halogens is 1. The highest BCUT2D eigenvalue weighted by molar-refractivity contribution is 7.93. The van der Waals surface area contributed by atoms with Crippen LogP contribution in [-0.4, -0.2) is 35.1 Å². The van der Waals surface area contributed by atoms with Gasteiger partial charge in [0.15, 0.2) is 11.5 Å². The summed E-state index contributed by atoms with van der Waals surface area (Å²) in [6, 6.07) is 15.9. The molecule has 0 spiro atoms. The lowest BCUT2D eigenvalue weighted by Crippen LogP contribution is -2.29. The highest BCUT2D eigenvalue weighted by atomic mass is 32.2. The van der Waals surface area contributed by atoms with Crippen molar-refractivity contribution in [2.75, 3.05) is 30.4 Å². The topological polar surface area (TPSA) is 84.9 Å². The summed E-state index contributed by atoms with van der Waals surface area (Å²) < 4.78 is 52.8. The fourth-order valence-corrected chi connectivity index (χ4v) is 5.55. The molecule has 176 valence electrons. The number of para-hydroxylation sites is 1. The minimum absolute atomic E-state index is 0.0729. The van der Waals surface area contributed by atoms with Crippen molar-refractivity contribution >= 4 is 33.4 Å². The average Bonchev–Trinajstić information content (AvgIpc) is 3.27. The molecule has 1 heterocycles. The molecule has 0 radical (unpaired) electrons. The number of benzene rings is 3. The monoisotopic (exact) mass is 482 g/mol. The summed E-state index contributed by atoms with van der Waals surface area (Å²) in [5, 5.41) is 2.56. The number of rotatable bonds is 7. The maximum atomic E-state index is 13.7. The second-order valence-electron chi connectivity index (χ2n) is 7.54. The van der Waals surface area contributed by atoms with Crippen molar-refractivity contribution in [3.05, 3.63) is 83.7 Å². The minimum Gasteiger partial charge on any atom is -0.493 e. The Morgan fingerprint density at radius 1 is 1.06 bits per heavy atom. The Hall–Kier alpha value is -3.85. The van der Waals surface area contributed by atoms with Gasteiger partial charge in [-0.25, -0.2) is 12.8 Å². The zero-order valence-corrected chi connectivity index (χ0v) is 19.4. The largest absolute Gasteiger partial charge is 0.493 e. The van der Waals surface area contributed by atoms with Crippen molar-refractivity contribution in [1.82, 2.24) is 0 Å². The van der Waals surface area contributed by atoms with Crippen LogP contribution in [-0.2, 0) is 21.2 Å². The van der Waals surface area contributed by atoms with E-state index in [9.17, 15) is 17.6 Å². The number of carbonyl (C=O) groups excluding carboxylic acids is 1. The first-order valence-electron chi connectivity index (χ1n) is 10.4. The molecule has 0 saturated heterocycles. The van der Waals surface area contributed by atoms with E-state index in [1.807, 2.05) is 12.1 Å². The van der Waals surface area contributed by atoms with Crippen molar-refractivity contribution in [2.24, 2.45) is 0 Å². The summed E-state index contributed by atoms with van der Waals surface area (Å²) in [7, 11) is -1.21. The third kappa shape index (κ3) is 4.60. The van der Waals surface area contributed by atoms with Gasteiger partial charge in [0, 0.05) is 18.3 Å². The van der Waals surface area contributed by atoms with E-state index >= 15 is 0 Å². The summed E-state index contributed by atoms with van der Waals surface area (Å²) in [6.07, 6.45) is 3.29. The minimum atomic E-state index is -3.99. The van der Waals surface area contributed by atoms with Crippen LogP contribution in [0, 0.1) is 5.82 Å². The Kier molecular flexibility index (Phi) is 6.56. The van der Waals surface area contributed by atoms with Crippen LogP contribution in [0.4, 0.5) is 15.8 Å². The number of fused-ring (bicyclic) bond motifs is 1. The van der Waals surface area contributed by atoms with E-state index in [0.29, 0.717) is 29.9 Å². The molecule has 34 heavy (non-hydrogen) atoms. The predicted molar refractivity (Wildman–Crippen MR) is 128 cm³/mol. The number of methoxy groups -OCH3 is 2.